The molecule has 0 saturated heterocycles. The Morgan fingerprint density at radius 2 is 2.25 bits per heavy atom. The monoisotopic (exact) mass is 293 g/mol. The molecule has 5 heteroatoms. The van der Waals surface area contributed by atoms with E-state index in [4.69, 9.17) is 5.11 Å². The van der Waals surface area contributed by atoms with Gasteiger partial charge in [0, 0.05) is 11.8 Å². The first-order valence-corrected chi connectivity index (χ1v) is 7.76. The van der Waals surface area contributed by atoms with E-state index in [2.05, 4.69) is 17.2 Å². The molecule has 1 aliphatic rings. The Kier molecular flexibility index (Phi) is 5.60. The SMILES string of the molecule is O=C(NC1CCCCC1O)c1csc(C#CCCO)c1. The van der Waals surface area contributed by atoms with Gasteiger partial charge in [0.25, 0.3) is 5.91 Å². The van der Waals surface area contributed by atoms with E-state index in [0.29, 0.717) is 12.0 Å². The van der Waals surface area contributed by atoms with Crippen molar-refractivity contribution in [3.8, 4) is 11.8 Å². The molecule has 4 nitrogen and oxygen atoms in total. The highest BCUT2D eigenvalue weighted by atomic mass is 32.1. The van der Waals surface area contributed by atoms with Gasteiger partial charge in [-0.3, -0.25) is 4.79 Å². The van der Waals surface area contributed by atoms with Crippen LogP contribution in [0.2, 0.25) is 0 Å². The first-order valence-electron chi connectivity index (χ1n) is 6.88. The van der Waals surface area contributed by atoms with Gasteiger partial charge in [0.1, 0.15) is 0 Å². The molecule has 108 valence electrons. The Morgan fingerprint density at radius 1 is 1.45 bits per heavy atom. The van der Waals surface area contributed by atoms with Gasteiger partial charge in [0.15, 0.2) is 0 Å². The molecule has 0 aromatic carbocycles. The van der Waals surface area contributed by atoms with Crippen molar-refractivity contribution < 1.29 is 15.0 Å². The molecule has 1 aromatic heterocycles. The van der Waals surface area contributed by atoms with Gasteiger partial charge in [0.05, 0.1) is 29.2 Å². The number of thiophene rings is 1. The Bertz CT molecular complexity index is 515. The zero-order chi connectivity index (χ0) is 14.4. The number of carbonyl (C=O) groups excluding carboxylic acids is 1. The van der Waals surface area contributed by atoms with Crippen LogP contribution in [-0.2, 0) is 0 Å². The van der Waals surface area contributed by atoms with Crippen LogP contribution < -0.4 is 5.32 Å². The molecule has 1 heterocycles. The molecule has 1 aromatic rings. The quantitative estimate of drug-likeness (QED) is 0.740. The maximum atomic E-state index is 12.1. The third-order valence-electron chi connectivity index (χ3n) is 3.36. The second-order valence-corrected chi connectivity index (χ2v) is 5.82. The number of nitrogens with one attached hydrogen (secondary N) is 1. The lowest BCUT2D eigenvalue weighted by Gasteiger charge is -2.28. The normalized spacial score (nSPS) is 21.9. The van der Waals surface area contributed by atoms with Gasteiger partial charge in [-0.05, 0) is 18.9 Å². The second-order valence-electron chi connectivity index (χ2n) is 4.91. The molecule has 1 fully saturated rings. The summed E-state index contributed by atoms with van der Waals surface area (Å²) in [4.78, 5) is 12.9. The minimum atomic E-state index is -0.435. The molecule has 0 bridgehead atoms. The predicted octanol–water partition coefficient (Wildman–Crippen LogP) is 1.52. The number of amides is 1. The zero-order valence-electron chi connectivity index (χ0n) is 11.3. The molecule has 1 amide bonds. The smallest absolute Gasteiger partial charge is 0.252 e. The van der Waals surface area contributed by atoms with Crippen molar-refractivity contribution in [3.63, 3.8) is 0 Å². The van der Waals surface area contributed by atoms with E-state index in [1.807, 2.05) is 0 Å². The van der Waals surface area contributed by atoms with Crippen LogP contribution in [0.15, 0.2) is 11.4 Å². The molecule has 2 unspecified atom stereocenters. The third kappa shape index (κ3) is 4.07. The average Bonchev–Trinajstić information content (AvgIpc) is 2.91. The summed E-state index contributed by atoms with van der Waals surface area (Å²) in [7, 11) is 0. The Morgan fingerprint density at radius 3 is 3.00 bits per heavy atom. The molecule has 1 saturated carbocycles. The summed E-state index contributed by atoms with van der Waals surface area (Å²) >= 11 is 1.41. The van der Waals surface area contributed by atoms with Crippen LogP contribution in [0.5, 0.6) is 0 Å². The van der Waals surface area contributed by atoms with E-state index in [9.17, 15) is 9.90 Å². The molecule has 20 heavy (non-hydrogen) atoms. The Hall–Kier alpha value is -1.35. The van der Waals surface area contributed by atoms with Gasteiger partial charge >= 0.3 is 0 Å². The molecular weight excluding hydrogens is 274 g/mol. The summed E-state index contributed by atoms with van der Waals surface area (Å²) in [6.45, 7) is 0.0469. The molecule has 0 radical (unpaired) electrons. The lowest BCUT2D eigenvalue weighted by molar-refractivity contribution is 0.0717. The largest absolute Gasteiger partial charge is 0.395 e. The van der Waals surface area contributed by atoms with Gasteiger partial charge in [-0.15, -0.1) is 11.3 Å². The molecule has 2 atom stereocenters. The maximum Gasteiger partial charge on any atom is 0.252 e. The minimum Gasteiger partial charge on any atom is -0.395 e. The zero-order valence-corrected chi connectivity index (χ0v) is 12.1. The molecular formula is C15H19NO3S. The Balaban J connectivity index is 1.94. The molecule has 3 N–H and O–H groups in total. The number of hydrogen-bond donors (Lipinski definition) is 3. The number of hydrogen-bond acceptors (Lipinski definition) is 4. The average molecular weight is 293 g/mol. The number of carbonyl (C=O) groups is 1. The summed E-state index contributed by atoms with van der Waals surface area (Å²) in [5.41, 5.74) is 0.584. The number of rotatable bonds is 3. The van der Waals surface area contributed by atoms with Gasteiger partial charge in [-0.25, -0.2) is 0 Å². The lowest BCUT2D eigenvalue weighted by Crippen LogP contribution is -2.44. The highest BCUT2D eigenvalue weighted by molar-refractivity contribution is 7.10. The van der Waals surface area contributed by atoms with Gasteiger partial charge < -0.3 is 15.5 Å². The Labute approximate surface area is 122 Å². The van der Waals surface area contributed by atoms with E-state index in [1.165, 1.54) is 11.3 Å². The van der Waals surface area contributed by atoms with E-state index in [1.54, 1.807) is 11.4 Å². The van der Waals surface area contributed by atoms with Crippen molar-refractivity contribution in [3.05, 3.63) is 21.9 Å². The van der Waals surface area contributed by atoms with Crippen molar-refractivity contribution >= 4 is 17.2 Å². The maximum absolute atomic E-state index is 12.1. The van der Waals surface area contributed by atoms with Crippen molar-refractivity contribution in [2.75, 3.05) is 6.61 Å². The van der Waals surface area contributed by atoms with Crippen LogP contribution in [0, 0.1) is 11.8 Å². The van der Waals surface area contributed by atoms with Crippen LogP contribution in [0.3, 0.4) is 0 Å². The van der Waals surface area contributed by atoms with E-state index >= 15 is 0 Å². The molecule has 2 rings (SSSR count). The van der Waals surface area contributed by atoms with Crippen molar-refractivity contribution in [1.82, 2.24) is 5.32 Å². The third-order valence-corrected chi connectivity index (χ3v) is 4.20. The van der Waals surface area contributed by atoms with Crippen molar-refractivity contribution in [2.24, 2.45) is 0 Å². The summed E-state index contributed by atoms with van der Waals surface area (Å²) in [6, 6.07) is 1.61. The van der Waals surface area contributed by atoms with Gasteiger partial charge in [-0.1, -0.05) is 24.7 Å². The van der Waals surface area contributed by atoms with Crippen LogP contribution in [-0.4, -0.2) is 34.9 Å². The number of aliphatic hydroxyl groups excluding tert-OH is 2. The molecule has 0 aliphatic heterocycles. The number of aliphatic hydroxyl groups is 2. The summed E-state index contributed by atoms with van der Waals surface area (Å²) in [6.07, 6.45) is 3.66. The minimum absolute atomic E-state index is 0.0469. The van der Waals surface area contributed by atoms with E-state index < -0.39 is 6.10 Å². The molecule has 1 aliphatic carbocycles. The highest BCUT2D eigenvalue weighted by Crippen LogP contribution is 2.19. The topological polar surface area (TPSA) is 69.6 Å². The first-order chi connectivity index (χ1) is 9.70. The fourth-order valence-electron chi connectivity index (χ4n) is 2.26. The fourth-order valence-corrected chi connectivity index (χ4v) is 3.01. The summed E-state index contributed by atoms with van der Waals surface area (Å²) in [5, 5.41) is 23.2. The van der Waals surface area contributed by atoms with Gasteiger partial charge in [-0.2, -0.15) is 0 Å². The van der Waals surface area contributed by atoms with E-state index in [0.717, 1.165) is 30.6 Å². The van der Waals surface area contributed by atoms with Crippen LogP contribution in [0.25, 0.3) is 0 Å². The first kappa shape index (κ1) is 15.0. The van der Waals surface area contributed by atoms with Crippen LogP contribution in [0.4, 0.5) is 0 Å². The summed E-state index contributed by atoms with van der Waals surface area (Å²) in [5.74, 6) is 5.59. The summed E-state index contributed by atoms with van der Waals surface area (Å²) < 4.78 is 0. The second kappa shape index (κ2) is 7.44. The van der Waals surface area contributed by atoms with Crippen molar-refractivity contribution in [1.29, 1.82) is 0 Å². The predicted molar refractivity (Wildman–Crippen MR) is 78.6 cm³/mol. The standard InChI is InChI=1S/C15H19NO3S/c17-8-4-3-5-12-9-11(10-20-12)15(19)16-13-6-1-2-7-14(13)18/h9-10,13-14,17-18H,1-2,4,6-8H2,(H,16,19). The fraction of sp³-hybridized carbons (Fsp3) is 0.533. The highest BCUT2D eigenvalue weighted by Gasteiger charge is 2.25. The van der Waals surface area contributed by atoms with Gasteiger partial charge in [0.2, 0.25) is 0 Å². The van der Waals surface area contributed by atoms with Crippen LogP contribution in [0.1, 0.15) is 47.3 Å². The lowest BCUT2D eigenvalue weighted by atomic mass is 9.92. The molecule has 0 spiro atoms. The van der Waals surface area contributed by atoms with Crippen LogP contribution >= 0.6 is 11.3 Å². The van der Waals surface area contributed by atoms with E-state index in [-0.39, 0.29) is 18.6 Å². The van der Waals surface area contributed by atoms with Crippen molar-refractivity contribution in [2.45, 2.75) is 44.2 Å².